The van der Waals surface area contributed by atoms with E-state index < -0.39 is 0 Å². The van der Waals surface area contributed by atoms with Crippen LogP contribution < -0.4 is 11.5 Å². The topological polar surface area (TPSA) is 90.7 Å². The third-order valence-corrected chi connectivity index (χ3v) is 3.56. The number of nitrogens with zero attached hydrogens (tertiary/aromatic N) is 3. The number of anilines is 2. The summed E-state index contributed by atoms with van der Waals surface area (Å²) in [7, 11) is 0. The summed E-state index contributed by atoms with van der Waals surface area (Å²) in [5.74, 6) is 0.398. The van der Waals surface area contributed by atoms with Crippen molar-refractivity contribution in [3.8, 4) is 11.3 Å². The van der Waals surface area contributed by atoms with E-state index in [0.717, 1.165) is 5.56 Å². The monoisotopic (exact) mass is 305 g/mol. The fourth-order valence-corrected chi connectivity index (χ4v) is 2.17. The quantitative estimate of drug-likeness (QED) is 0.720. The lowest BCUT2D eigenvalue weighted by molar-refractivity contribution is 1.20. The number of hydrogen-bond acceptors (Lipinski definition) is 5. The normalized spacial score (nSPS) is 10.9. The number of fused-ring (bicyclic) bond motifs is 1. The van der Waals surface area contributed by atoms with Crippen molar-refractivity contribution in [3.63, 3.8) is 0 Å². The van der Waals surface area contributed by atoms with Gasteiger partial charge in [0.15, 0.2) is 5.65 Å². The molecule has 2 aromatic heterocycles. The van der Waals surface area contributed by atoms with E-state index in [1.807, 2.05) is 12.1 Å². The number of halogens is 2. The molecule has 2 heterocycles. The van der Waals surface area contributed by atoms with E-state index in [-0.39, 0.29) is 5.95 Å². The largest absolute Gasteiger partial charge is 0.383 e. The number of rotatable bonds is 1. The molecule has 0 fully saturated rings. The minimum absolute atomic E-state index is 0.0915. The van der Waals surface area contributed by atoms with Crippen molar-refractivity contribution in [1.82, 2.24) is 15.0 Å². The van der Waals surface area contributed by atoms with Crippen LogP contribution in [-0.4, -0.2) is 15.0 Å². The highest BCUT2D eigenvalue weighted by molar-refractivity contribution is 6.42. The van der Waals surface area contributed by atoms with E-state index in [4.69, 9.17) is 34.7 Å². The number of pyridine rings is 1. The Hall–Kier alpha value is -2.11. The van der Waals surface area contributed by atoms with Gasteiger partial charge in [0, 0.05) is 5.56 Å². The second-order valence-electron chi connectivity index (χ2n) is 4.16. The molecule has 1 aromatic carbocycles. The molecule has 0 amide bonds. The van der Waals surface area contributed by atoms with Gasteiger partial charge >= 0.3 is 0 Å². The Bertz CT molecular complexity index is 819. The van der Waals surface area contributed by atoms with Gasteiger partial charge < -0.3 is 11.5 Å². The van der Waals surface area contributed by atoms with Gasteiger partial charge in [0.2, 0.25) is 5.95 Å². The number of benzene rings is 1. The summed E-state index contributed by atoms with van der Waals surface area (Å²) in [6.07, 6.45) is 0. The summed E-state index contributed by atoms with van der Waals surface area (Å²) >= 11 is 11.9. The Kier molecular flexibility index (Phi) is 3.08. The van der Waals surface area contributed by atoms with Crippen LogP contribution >= 0.6 is 23.2 Å². The van der Waals surface area contributed by atoms with Gasteiger partial charge in [-0.1, -0.05) is 29.3 Å². The number of aromatic nitrogens is 3. The van der Waals surface area contributed by atoms with E-state index in [1.165, 1.54) is 0 Å². The summed E-state index contributed by atoms with van der Waals surface area (Å²) in [4.78, 5) is 12.4. The zero-order chi connectivity index (χ0) is 14.3. The Morgan fingerprint density at radius 3 is 2.40 bits per heavy atom. The van der Waals surface area contributed by atoms with Gasteiger partial charge in [0.1, 0.15) is 5.82 Å². The number of nitrogen functional groups attached to an aromatic ring is 2. The predicted octanol–water partition coefficient (Wildman–Crippen LogP) is 3.16. The van der Waals surface area contributed by atoms with E-state index in [0.29, 0.717) is 32.6 Å². The Morgan fingerprint density at radius 2 is 1.65 bits per heavy atom. The van der Waals surface area contributed by atoms with Gasteiger partial charge in [-0.3, -0.25) is 0 Å². The minimum Gasteiger partial charge on any atom is -0.383 e. The molecule has 0 saturated carbocycles. The first-order chi connectivity index (χ1) is 9.54. The molecule has 0 radical (unpaired) electrons. The highest BCUT2D eigenvalue weighted by atomic mass is 35.5. The molecule has 100 valence electrons. The zero-order valence-corrected chi connectivity index (χ0v) is 11.7. The molecule has 0 saturated heterocycles. The summed E-state index contributed by atoms with van der Waals surface area (Å²) in [5.41, 5.74) is 13.3. The summed E-state index contributed by atoms with van der Waals surface area (Å²) < 4.78 is 0. The van der Waals surface area contributed by atoms with E-state index in [1.54, 1.807) is 18.2 Å². The molecule has 0 spiro atoms. The molecule has 0 aliphatic carbocycles. The molecule has 0 unspecified atom stereocenters. The van der Waals surface area contributed by atoms with Crippen LogP contribution in [0.15, 0.2) is 30.3 Å². The van der Waals surface area contributed by atoms with Crippen molar-refractivity contribution < 1.29 is 0 Å². The van der Waals surface area contributed by atoms with E-state index >= 15 is 0 Å². The standard InChI is InChI=1S/C13H9Cl2N5/c14-8-3-1-6(5-9(8)15)10-4-2-7-11(16)19-13(17)20-12(7)18-10/h1-5H,(H4,16,17,18,19,20). The highest BCUT2D eigenvalue weighted by Gasteiger charge is 2.08. The molecule has 4 N–H and O–H groups in total. The first-order valence-corrected chi connectivity index (χ1v) is 6.45. The van der Waals surface area contributed by atoms with Crippen LogP contribution in [0.4, 0.5) is 11.8 Å². The molecular weight excluding hydrogens is 297 g/mol. The van der Waals surface area contributed by atoms with Crippen LogP contribution in [0.25, 0.3) is 22.3 Å². The van der Waals surface area contributed by atoms with Crippen molar-refractivity contribution in [2.75, 3.05) is 11.5 Å². The Balaban J connectivity index is 2.19. The number of hydrogen-bond donors (Lipinski definition) is 2. The van der Waals surface area contributed by atoms with E-state index in [9.17, 15) is 0 Å². The van der Waals surface area contributed by atoms with Crippen molar-refractivity contribution in [2.45, 2.75) is 0 Å². The van der Waals surface area contributed by atoms with Crippen LogP contribution in [0.5, 0.6) is 0 Å². The van der Waals surface area contributed by atoms with Crippen molar-refractivity contribution in [3.05, 3.63) is 40.4 Å². The molecule has 0 aliphatic rings. The van der Waals surface area contributed by atoms with Crippen LogP contribution in [-0.2, 0) is 0 Å². The smallest absolute Gasteiger partial charge is 0.224 e. The van der Waals surface area contributed by atoms with Gasteiger partial charge in [-0.25, -0.2) is 4.98 Å². The lowest BCUT2D eigenvalue weighted by atomic mass is 10.1. The average molecular weight is 306 g/mol. The molecule has 0 aliphatic heterocycles. The molecule has 5 nitrogen and oxygen atoms in total. The van der Waals surface area contributed by atoms with Crippen LogP contribution in [0.1, 0.15) is 0 Å². The van der Waals surface area contributed by atoms with Crippen molar-refractivity contribution in [1.29, 1.82) is 0 Å². The first-order valence-electron chi connectivity index (χ1n) is 5.70. The first kappa shape index (κ1) is 12.9. The molecule has 7 heteroatoms. The maximum Gasteiger partial charge on any atom is 0.224 e. The van der Waals surface area contributed by atoms with Crippen molar-refractivity contribution in [2.24, 2.45) is 0 Å². The van der Waals surface area contributed by atoms with Crippen LogP contribution in [0, 0.1) is 0 Å². The highest BCUT2D eigenvalue weighted by Crippen LogP contribution is 2.29. The fourth-order valence-electron chi connectivity index (χ4n) is 1.87. The molecular formula is C13H9Cl2N5. The molecule has 3 aromatic rings. The maximum absolute atomic E-state index is 6.01. The Labute approximate surface area is 124 Å². The second-order valence-corrected chi connectivity index (χ2v) is 4.98. The predicted molar refractivity (Wildman–Crippen MR) is 81.6 cm³/mol. The average Bonchev–Trinajstić information content (AvgIpc) is 2.41. The van der Waals surface area contributed by atoms with Crippen LogP contribution in [0.2, 0.25) is 10.0 Å². The maximum atomic E-state index is 6.01. The lowest BCUT2D eigenvalue weighted by Gasteiger charge is -2.06. The minimum atomic E-state index is 0.0915. The van der Waals surface area contributed by atoms with Gasteiger partial charge in [-0.05, 0) is 24.3 Å². The van der Waals surface area contributed by atoms with Gasteiger partial charge in [0.25, 0.3) is 0 Å². The molecule has 3 rings (SSSR count). The SMILES string of the molecule is Nc1nc(N)c2ccc(-c3ccc(Cl)c(Cl)c3)nc2n1. The molecule has 0 atom stereocenters. The lowest BCUT2D eigenvalue weighted by Crippen LogP contribution is -2.01. The summed E-state index contributed by atoms with van der Waals surface area (Å²) in [5, 5.41) is 1.61. The molecule has 20 heavy (non-hydrogen) atoms. The van der Waals surface area contributed by atoms with E-state index in [2.05, 4.69) is 15.0 Å². The fraction of sp³-hybridized carbons (Fsp3) is 0. The zero-order valence-electron chi connectivity index (χ0n) is 10.1. The summed E-state index contributed by atoms with van der Waals surface area (Å²) in [6, 6.07) is 8.91. The Morgan fingerprint density at radius 1 is 0.850 bits per heavy atom. The van der Waals surface area contributed by atoms with Gasteiger partial charge in [-0.2, -0.15) is 9.97 Å². The van der Waals surface area contributed by atoms with Gasteiger partial charge in [-0.15, -0.1) is 0 Å². The van der Waals surface area contributed by atoms with Crippen LogP contribution in [0.3, 0.4) is 0 Å². The van der Waals surface area contributed by atoms with Gasteiger partial charge in [0.05, 0.1) is 21.1 Å². The molecule has 0 bridgehead atoms. The summed E-state index contributed by atoms with van der Waals surface area (Å²) in [6.45, 7) is 0. The third kappa shape index (κ3) is 2.21. The second kappa shape index (κ2) is 4.77. The number of nitrogens with two attached hydrogens (primary N) is 2. The van der Waals surface area contributed by atoms with Crippen molar-refractivity contribution >= 4 is 46.0 Å². The third-order valence-electron chi connectivity index (χ3n) is 2.82.